The molecule has 3 amide bonds. The van der Waals surface area contributed by atoms with E-state index in [1.165, 1.54) is 19.1 Å². The second-order valence-corrected chi connectivity index (χ2v) is 10.7. The molecule has 40 heavy (non-hydrogen) atoms. The Morgan fingerprint density at radius 1 is 0.975 bits per heavy atom. The summed E-state index contributed by atoms with van der Waals surface area (Å²) in [5.41, 5.74) is 2.21. The second kappa shape index (κ2) is 12.7. The van der Waals surface area contributed by atoms with Gasteiger partial charge in [0.15, 0.2) is 17.3 Å². The summed E-state index contributed by atoms with van der Waals surface area (Å²) in [6.45, 7) is 11.1. The third-order valence-electron chi connectivity index (χ3n) is 5.95. The van der Waals surface area contributed by atoms with E-state index in [-0.39, 0.29) is 18.7 Å². The zero-order valence-corrected chi connectivity index (χ0v) is 24.4. The molecule has 1 atom stereocenters. The SMILES string of the molecule is COc1cccc([C@H](C(=O)NC(C)(C)C)N(C(=O)CCC(=O)Nc2cc(C)on2)c2cc(C)cc(C)c2)c1OC. The molecular weight excluding hydrogens is 512 g/mol. The summed E-state index contributed by atoms with van der Waals surface area (Å²) in [5, 5.41) is 9.41. The van der Waals surface area contributed by atoms with E-state index in [1.807, 2.05) is 52.8 Å². The molecule has 3 rings (SSSR count). The van der Waals surface area contributed by atoms with E-state index in [0.717, 1.165) is 11.1 Å². The molecule has 3 aromatic rings. The number of para-hydroxylation sites is 1. The largest absolute Gasteiger partial charge is 0.493 e. The lowest BCUT2D eigenvalue weighted by Crippen LogP contribution is -2.49. The van der Waals surface area contributed by atoms with Gasteiger partial charge < -0.3 is 24.6 Å². The number of carbonyl (C=O) groups excluding carboxylic acids is 3. The highest BCUT2D eigenvalue weighted by atomic mass is 16.5. The Morgan fingerprint density at radius 3 is 2.20 bits per heavy atom. The lowest BCUT2D eigenvalue weighted by atomic mass is 9.98. The Kier molecular flexibility index (Phi) is 9.57. The number of rotatable bonds is 10. The van der Waals surface area contributed by atoms with Crippen LogP contribution in [0.1, 0.15) is 62.1 Å². The van der Waals surface area contributed by atoms with Crippen LogP contribution in [0.25, 0.3) is 0 Å². The van der Waals surface area contributed by atoms with Crippen LogP contribution in [-0.2, 0) is 14.4 Å². The normalized spacial score (nSPS) is 11.9. The van der Waals surface area contributed by atoms with Crippen LogP contribution in [0.2, 0.25) is 0 Å². The number of ether oxygens (including phenoxy) is 2. The maximum Gasteiger partial charge on any atom is 0.248 e. The summed E-state index contributed by atoms with van der Waals surface area (Å²) in [5.74, 6) is 0.335. The number of nitrogens with zero attached hydrogens (tertiary/aromatic N) is 2. The molecule has 0 saturated heterocycles. The van der Waals surface area contributed by atoms with Gasteiger partial charge in [-0.05, 0) is 70.9 Å². The average molecular weight is 551 g/mol. The predicted octanol–water partition coefficient (Wildman–Crippen LogP) is 5.02. The molecule has 1 aromatic heterocycles. The highest BCUT2D eigenvalue weighted by Gasteiger charge is 2.37. The van der Waals surface area contributed by atoms with Gasteiger partial charge in [-0.15, -0.1) is 0 Å². The minimum absolute atomic E-state index is 0.130. The lowest BCUT2D eigenvalue weighted by molar-refractivity contribution is -0.128. The molecule has 2 N–H and O–H groups in total. The maximum atomic E-state index is 14.0. The number of methoxy groups -OCH3 is 2. The summed E-state index contributed by atoms with van der Waals surface area (Å²) in [6.07, 6.45) is -0.296. The number of anilines is 2. The average Bonchev–Trinajstić information content (AvgIpc) is 3.27. The number of nitrogens with one attached hydrogen (secondary N) is 2. The van der Waals surface area contributed by atoms with Crippen molar-refractivity contribution >= 4 is 29.2 Å². The summed E-state index contributed by atoms with van der Waals surface area (Å²) in [7, 11) is 2.99. The summed E-state index contributed by atoms with van der Waals surface area (Å²) in [6, 6.07) is 11.3. The van der Waals surface area contributed by atoms with Crippen LogP contribution in [0.5, 0.6) is 11.5 Å². The topological polar surface area (TPSA) is 123 Å². The molecular formula is C30H38N4O6. The summed E-state index contributed by atoms with van der Waals surface area (Å²) >= 11 is 0. The third kappa shape index (κ3) is 7.62. The predicted molar refractivity (Wildman–Crippen MR) is 153 cm³/mol. The number of amides is 3. The smallest absolute Gasteiger partial charge is 0.248 e. The van der Waals surface area contributed by atoms with Crippen LogP contribution in [0.4, 0.5) is 11.5 Å². The Balaban J connectivity index is 2.10. The van der Waals surface area contributed by atoms with Gasteiger partial charge in [-0.1, -0.05) is 23.4 Å². The molecule has 0 unspecified atom stereocenters. The molecule has 2 aromatic carbocycles. The van der Waals surface area contributed by atoms with Crippen LogP contribution in [0, 0.1) is 20.8 Å². The molecule has 0 spiro atoms. The monoisotopic (exact) mass is 550 g/mol. The second-order valence-electron chi connectivity index (χ2n) is 10.7. The van der Waals surface area contributed by atoms with Gasteiger partial charge in [-0.3, -0.25) is 19.3 Å². The summed E-state index contributed by atoms with van der Waals surface area (Å²) in [4.78, 5) is 42.1. The van der Waals surface area contributed by atoms with Crippen molar-refractivity contribution < 1.29 is 28.4 Å². The first-order chi connectivity index (χ1) is 18.8. The number of aryl methyl sites for hydroxylation is 3. The van der Waals surface area contributed by atoms with E-state index in [2.05, 4.69) is 15.8 Å². The molecule has 0 aliphatic rings. The van der Waals surface area contributed by atoms with Crippen molar-refractivity contribution in [2.24, 2.45) is 0 Å². The van der Waals surface area contributed by atoms with Gasteiger partial charge in [-0.2, -0.15) is 0 Å². The minimum Gasteiger partial charge on any atom is -0.493 e. The standard InChI is InChI=1S/C30H38N4O6/c1-18-14-19(2)16-21(15-18)34(26(36)13-12-25(35)31-24-17-20(3)40-33-24)27(29(37)32-30(4,5)6)22-10-9-11-23(38-7)28(22)39-8/h9-11,14-17,27H,12-13H2,1-8H3,(H,32,37)(H,31,33,35)/t27-/m1/s1. The van der Waals surface area contributed by atoms with Crippen molar-refractivity contribution in [3.05, 3.63) is 64.9 Å². The minimum atomic E-state index is -1.13. The van der Waals surface area contributed by atoms with Crippen molar-refractivity contribution in [1.29, 1.82) is 0 Å². The number of benzene rings is 2. The molecule has 0 bridgehead atoms. The van der Waals surface area contributed by atoms with Gasteiger partial charge in [-0.25, -0.2) is 0 Å². The third-order valence-corrected chi connectivity index (χ3v) is 5.95. The first-order valence-electron chi connectivity index (χ1n) is 13.0. The van der Waals surface area contributed by atoms with Crippen molar-refractivity contribution in [3.63, 3.8) is 0 Å². The molecule has 0 fully saturated rings. The van der Waals surface area contributed by atoms with E-state index in [0.29, 0.717) is 28.5 Å². The van der Waals surface area contributed by atoms with Crippen LogP contribution < -0.4 is 25.0 Å². The number of hydrogen-bond acceptors (Lipinski definition) is 7. The van der Waals surface area contributed by atoms with Gasteiger partial charge >= 0.3 is 0 Å². The molecule has 1 heterocycles. The number of aromatic nitrogens is 1. The van der Waals surface area contributed by atoms with Crippen LogP contribution in [0.15, 0.2) is 47.0 Å². The highest BCUT2D eigenvalue weighted by molar-refractivity contribution is 6.03. The van der Waals surface area contributed by atoms with E-state index < -0.39 is 29.3 Å². The zero-order valence-electron chi connectivity index (χ0n) is 24.4. The van der Waals surface area contributed by atoms with Crippen molar-refractivity contribution in [1.82, 2.24) is 10.5 Å². The van der Waals surface area contributed by atoms with Crippen molar-refractivity contribution in [2.45, 2.75) is 66.0 Å². The maximum absolute atomic E-state index is 14.0. The molecule has 10 nitrogen and oxygen atoms in total. The molecule has 0 aliphatic heterocycles. The van der Waals surface area contributed by atoms with E-state index >= 15 is 0 Å². The van der Waals surface area contributed by atoms with Crippen molar-refractivity contribution in [2.75, 3.05) is 24.4 Å². The number of hydrogen-bond donors (Lipinski definition) is 2. The van der Waals surface area contributed by atoms with Crippen LogP contribution in [0.3, 0.4) is 0 Å². The van der Waals surface area contributed by atoms with E-state index in [9.17, 15) is 14.4 Å². The van der Waals surface area contributed by atoms with Gasteiger partial charge in [0.1, 0.15) is 11.8 Å². The van der Waals surface area contributed by atoms with Crippen molar-refractivity contribution in [3.8, 4) is 11.5 Å². The molecule has 0 radical (unpaired) electrons. The first-order valence-corrected chi connectivity index (χ1v) is 13.0. The Bertz CT molecular complexity index is 1350. The highest BCUT2D eigenvalue weighted by Crippen LogP contribution is 2.40. The van der Waals surface area contributed by atoms with Gasteiger partial charge in [0.05, 0.1) is 14.2 Å². The molecule has 214 valence electrons. The van der Waals surface area contributed by atoms with Crippen LogP contribution in [-0.4, -0.2) is 42.6 Å². The fraction of sp³-hybridized carbons (Fsp3) is 0.400. The van der Waals surface area contributed by atoms with E-state index in [4.69, 9.17) is 14.0 Å². The fourth-order valence-electron chi connectivity index (χ4n) is 4.46. The summed E-state index contributed by atoms with van der Waals surface area (Å²) < 4.78 is 16.2. The Morgan fingerprint density at radius 2 is 1.65 bits per heavy atom. The lowest BCUT2D eigenvalue weighted by Gasteiger charge is -2.35. The molecule has 0 aliphatic carbocycles. The Hall–Kier alpha value is -4.34. The van der Waals surface area contributed by atoms with Gasteiger partial charge in [0, 0.05) is 35.7 Å². The first kappa shape index (κ1) is 30.2. The number of carbonyl (C=O) groups is 3. The quantitative estimate of drug-likeness (QED) is 0.363. The zero-order chi connectivity index (χ0) is 29.6. The fourth-order valence-corrected chi connectivity index (χ4v) is 4.46. The van der Waals surface area contributed by atoms with Gasteiger partial charge in [0.2, 0.25) is 17.7 Å². The Labute approximate surface area is 235 Å². The molecule has 10 heteroatoms. The van der Waals surface area contributed by atoms with Crippen LogP contribution >= 0.6 is 0 Å². The van der Waals surface area contributed by atoms with E-state index in [1.54, 1.807) is 31.2 Å². The van der Waals surface area contributed by atoms with Gasteiger partial charge in [0.25, 0.3) is 0 Å². The molecule has 0 saturated carbocycles.